The lowest BCUT2D eigenvalue weighted by molar-refractivity contribution is -0.122. The fourth-order valence-corrected chi connectivity index (χ4v) is 4.55. The van der Waals surface area contributed by atoms with Crippen LogP contribution in [0.25, 0.3) is 0 Å². The SMILES string of the molecule is CCN(CC)S(=O)(=O)c1ccc(=O)n(CC(=O)NCCCC(=O)Nc2ccc(Cl)cc2)c1. The number of carbonyl (C=O) groups is 2. The number of anilines is 1. The zero-order valence-corrected chi connectivity index (χ0v) is 19.6. The molecule has 32 heavy (non-hydrogen) atoms. The first-order valence-corrected chi connectivity index (χ1v) is 12.0. The second kappa shape index (κ2) is 11.8. The van der Waals surface area contributed by atoms with Gasteiger partial charge in [-0.25, -0.2) is 8.42 Å². The van der Waals surface area contributed by atoms with Crippen LogP contribution in [0.2, 0.25) is 5.02 Å². The van der Waals surface area contributed by atoms with Crippen LogP contribution in [-0.4, -0.2) is 48.7 Å². The predicted octanol–water partition coefficient (Wildman–Crippen LogP) is 2.07. The van der Waals surface area contributed by atoms with Gasteiger partial charge < -0.3 is 15.2 Å². The topological polar surface area (TPSA) is 118 Å². The van der Waals surface area contributed by atoms with Gasteiger partial charge in [0.05, 0.1) is 4.90 Å². The number of nitrogens with zero attached hydrogens (tertiary/aromatic N) is 2. The summed E-state index contributed by atoms with van der Waals surface area (Å²) in [5.74, 6) is -0.658. The summed E-state index contributed by atoms with van der Waals surface area (Å²) in [6.07, 6.45) is 1.77. The van der Waals surface area contributed by atoms with E-state index in [9.17, 15) is 22.8 Å². The molecule has 0 unspecified atom stereocenters. The molecule has 0 spiro atoms. The standard InChI is InChI=1S/C21H27ClN4O5S/c1-3-26(4-2)32(30,31)18-11-12-21(29)25(14-18)15-20(28)23-13-5-6-19(27)24-17-9-7-16(22)8-10-17/h7-12,14H,3-6,13,15H2,1-2H3,(H,23,28)(H,24,27). The van der Waals surface area contributed by atoms with Gasteiger partial charge in [-0.1, -0.05) is 25.4 Å². The maximum absolute atomic E-state index is 12.6. The van der Waals surface area contributed by atoms with Crippen molar-refractivity contribution in [2.75, 3.05) is 25.0 Å². The number of nitrogens with one attached hydrogen (secondary N) is 2. The minimum Gasteiger partial charge on any atom is -0.355 e. The molecule has 0 atom stereocenters. The highest BCUT2D eigenvalue weighted by Gasteiger charge is 2.22. The van der Waals surface area contributed by atoms with Crippen LogP contribution < -0.4 is 16.2 Å². The highest BCUT2D eigenvalue weighted by molar-refractivity contribution is 7.89. The molecule has 11 heteroatoms. The summed E-state index contributed by atoms with van der Waals surface area (Å²) in [5, 5.41) is 5.93. The van der Waals surface area contributed by atoms with E-state index >= 15 is 0 Å². The van der Waals surface area contributed by atoms with Gasteiger partial charge in [0.25, 0.3) is 5.56 Å². The van der Waals surface area contributed by atoms with Crippen molar-refractivity contribution in [3.8, 4) is 0 Å². The van der Waals surface area contributed by atoms with Crippen LogP contribution in [0, 0.1) is 0 Å². The summed E-state index contributed by atoms with van der Waals surface area (Å²) in [6, 6.07) is 9.08. The van der Waals surface area contributed by atoms with Gasteiger partial charge in [-0.15, -0.1) is 0 Å². The van der Waals surface area contributed by atoms with Crippen molar-refractivity contribution in [3.63, 3.8) is 0 Å². The Morgan fingerprint density at radius 2 is 1.69 bits per heavy atom. The molecule has 9 nitrogen and oxygen atoms in total. The summed E-state index contributed by atoms with van der Waals surface area (Å²) in [6.45, 7) is 3.95. The van der Waals surface area contributed by atoms with E-state index in [1.807, 2.05) is 0 Å². The third kappa shape index (κ3) is 7.18. The van der Waals surface area contributed by atoms with Gasteiger partial charge in [0.1, 0.15) is 6.54 Å². The average molecular weight is 483 g/mol. The molecule has 0 fully saturated rings. The van der Waals surface area contributed by atoms with Gasteiger partial charge in [0.15, 0.2) is 0 Å². The molecule has 0 bridgehead atoms. The van der Waals surface area contributed by atoms with Crippen LogP contribution in [0.1, 0.15) is 26.7 Å². The molecule has 1 aromatic heterocycles. The minimum absolute atomic E-state index is 0.0486. The van der Waals surface area contributed by atoms with Crippen molar-refractivity contribution >= 4 is 39.1 Å². The number of sulfonamides is 1. The number of rotatable bonds is 11. The largest absolute Gasteiger partial charge is 0.355 e. The number of halogens is 1. The summed E-state index contributed by atoms with van der Waals surface area (Å²) in [5.41, 5.74) is 0.142. The molecule has 0 saturated carbocycles. The lowest BCUT2D eigenvalue weighted by Crippen LogP contribution is -2.34. The minimum atomic E-state index is -3.74. The van der Waals surface area contributed by atoms with Crippen LogP contribution in [0.5, 0.6) is 0 Å². The van der Waals surface area contributed by atoms with E-state index in [1.165, 1.54) is 16.6 Å². The number of hydrogen-bond donors (Lipinski definition) is 2. The number of carbonyl (C=O) groups excluding carboxylic acids is 2. The van der Waals surface area contributed by atoms with Crippen molar-refractivity contribution in [1.82, 2.24) is 14.2 Å². The van der Waals surface area contributed by atoms with Gasteiger partial charge >= 0.3 is 0 Å². The molecule has 0 radical (unpaired) electrons. The third-order valence-corrected chi connectivity index (χ3v) is 6.93. The Bertz CT molecular complexity index is 1100. The van der Waals surface area contributed by atoms with E-state index in [0.29, 0.717) is 30.2 Å². The number of aromatic nitrogens is 1. The number of benzene rings is 1. The zero-order chi connectivity index (χ0) is 23.7. The fourth-order valence-electron chi connectivity index (χ4n) is 2.94. The highest BCUT2D eigenvalue weighted by Crippen LogP contribution is 2.14. The molecule has 2 aromatic rings. The number of pyridine rings is 1. The monoisotopic (exact) mass is 482 g/mol. The molecule has 2 N–H and O–H groups in total. The first kappa shape index (κ1) is 25.6. The first-order chi connectivity index (χ1) is 15.2. The zero-order valence-electron chi connectivity index (χ0n) is 18.0. The molecule has 0 saturated heterocycles. The second-order valence-electron chi connectivity index (χ2n) is 6.93. The Morgan fingerprint density at radius 1 is 1.03 bits per heavy atom. The fraction of sp³-hybridized carbons (Fsp3) is 0.381. The van der Waals surface area contributed by atoms with Crippen LogP contribution >= 0.6 is 11.6 Å². The molecule has 1 aromatic carbocycles. The van der Waals surface area contributed by atoms with Crippen LogP contribution in [0.4, 0.5) is 5.69 Å². The van der Waals surface area contributed by atoms with Crippen molar-refractivity contribution in [3.05, 3.63) is 58.0 Å². The lowest BCUT2D eigenvalue weighted by Gasteiger charge is -2.19. The van der Waals surface area contributed by atoms with Crippen molar-refractivity contribution in [1.29, 1.82) is 0 Å². The molecule has 2 amide bonds. The first-order valence-electron chi connectivity index (χ1n) is 10.2. The Kier molecular flexibility index (Phi) is 9.42. The Balaban J connectivity index is 1.87. The predicted molar refractivity (Wildman–Crippen MR) is 123 cm³/mol. The van der Waals surface area contributed by atoms with Crippen LogP contribution in [-0.2, 0) is 26.2 Å². The summed E-state index contributed by atoms with van der Waals surface area (Å²) in [4.78, 5) is 36.2. The average Bonchev–Trinajstić information content (AvgIpc) is 2.75. The van der Waals surface area contributed by atoms with Crippen molar-refractivity contribution in [2.45, 2.75) is 38.1 Å². The van der Waals surface area contributed by atoms with E-state index in [1.54, 1.807) is 38.1 Å². The highest BCUT2D eigenvalue weighted by atomic mass is 35.5. The molecule has 0 aliphatic heterocycles. The lowest BCUT2D eigenvalue weighted by atomic mass is 10.2. The van der Waals surface area contributed by atoms with Crippen LogP contribution in [0.3, 0.4) is 0 Å². The van der Waals surface area contributed by atoms with E-state index in [4.69, 9.17) is 11.6 Å². The molecule has 2 rings (SSSR count). The maximum Gasteiger partial charge on any atom is 0.251 e. The Labute approximate surface area is 192 Å². The smallest absolute Gasteiger partial charge is 0.251 e. The van der Waals surface area contributed by atoms with E-state index in [0.717, 1.165) is 10.6 Å². The Morgan fingerprint density at radius 3 is 2.31 bits per heavy atom. The summed E-state index contributed by atoms with van der Waals surface area (Å²) < 4.78 is 27.6. The van der Waals surface area contributed by atoms with Gasteiger partial charge in [0, 0.05) is 49.0 Å². The van der Waals surface area contributed by atoms with Crippen molar-refractivity contribution < 1.29 is 18.0 Å². The van der Waals surface area contributed by atoms with Gasteiger partial charge in [-0.05, 0) is 36.8 Å². The third-order valence-electron chi connectivity index (χ3n) is 4.64. The van der Waals surface area contributed by atoms with E-state index in [-0.39, 0.29) is 30.3 Å². The molecule has 174 valence electrons. The molecular weight excluding hydrogens is 456 g/mol. The van der Waals surface area contributed by atoms with Crippen molar-refractivity contribution in [2.24, 2.45) is 0 Å². The maximum atomic E-state index is 12.6. The molecule has 0 aliphatic carbocycles. The van der Waals surface area contributed by atoms with Gasteiger partial charge in [-0.3, -0.25) is 14.4 Å². The number of hydrogen-bond acceptors (Lipinski definition) is 5. The van der Waals surface area contributed by atoms with Gasteiger partial charge in [-0.2, -0.15) is 4.31 Å². The molecular formula is C21H27ClN4O5S. The summed E-state index contributed by atoms with van der Waals surface area (Å²) in [7, 11) is -3.74. The Hall–Kier alpha value is -2.69. The van der Waals surface area contributed by atoms with Gasteiger partial charge in [0.2, 0.25) is 21.8 Å². The quantitative estimate of drug-likeness (QED) is 0.475. The summed E-state index contributed by atoms with van der Waals surface area (Å²) >= 11 is 5.80. The van der Waals surface area contributed by atoms with E-state index < -0.39 is 21.5 Å². The molecule has 1 heterocycles. The number of amides is 2. The normalized spacial score (nSPS) is 11.4. The van der Waals surface area contributed by atoms with E-state index in [2.05, 4.69) is 10.6 Å². The van der Waals surface area contributed by atoms with Crippen LogP contribution in [0.15, 0.2) is 52.3 Å². The molecule has 0 aliphatic rings. The second-order valence-corrected chi connectivity index (χ2v) is 9.30.